The van der Waals surface area contributed by atoms with Gasteiger partial charge in [-0.05, 0) is 56.1 Å². The molecule has 22 heavy (non-hydrogen) atoms. The number of nitrogens with zero attached hydrogens (tertiary/aromatic N) is 1. The zero-order chi connectivity index (χ0) is 15.8. The first-order valence-electron chi connectivity index (χ1n) is 8.01. The predicted octanol–water partition coefficient (Wildman–Crippen LogP) is 1.50. The zero-order valence-electron chi connectivity index (χ0n) is 13.7. The third kappa shape index (κ3) is 4.87. The summed E-state index contributed by atoms with van der Waals surface area (Å²) in [6.07, 6.45) is 2.41. The number of nitrogens with one attached hydrogen (secondary N) is 1. The van der Waals surface area contributed by atoms with Crippen LogP contribution in [0.15, 0.2) is 18.2 Å². The Morgan fingerprint density at radius 1 is 1.18 bits per heavy atom. The Morgan fingerprint density at radius 2 is 1.91 bits per heavy atom. The minimum absolute atomic E-state index is 0.266. The van der Waals surface area contributed by atoms with Crippen LogP contribution in [0.4, 0.5) is 0 Å². The van der Waals surface area contributed by atoms with Gasteiger partial charge in [0, 0.05) is 13.1 Å². The van der Waals surface area contributed by atoms with E-state index in [2.05, 4.69) is 16.3 Å². The number of β-amino-alcohol motifs (C(OH)–C–C–N with tert-alkyl or cyclic N) is 1. The summed E-state index contributed by atoms with van der Waals surface area (Å²) in [7, 11) is 3.31. The molecule has 0 aromatic heterocycles. The zero-order valence-corrected chi connectivity index (χ0v) is 13.7. The molecule has 1 fully saturated rings. The molecule has 5 heteroatoms. The van der Waals surface area contributed by atoms with E-state index in [9.17, 15) is 0 Å². The van der Waals surface area contributed by atoms with E-state index in [1.54, 1.807) is 14.2 Å². The Hall–Kier alpha value is -1.30. The number of ether oxygens (including phenoxy) is 2. The van der Waals surface area contributed by atoms with Crippen LogP contribution in [-0.4, -0.2) is 57.0 Å². The van der Waals surface area contributed by atoms with Crippen molar-refractivity contribution in [2.75, 3.05) is 47.0 Å². The molecule has 5 nitrogen and oxygen atoms in total. The van der Waals surface area contributed by atoms with Crippen LogP contribution in [0.5, 0.6) is 11.5 Å². The van der Waals surface area contributed by atoms with Gasteiger partial charge < -0.3 is 24.8 Å². The lowest BCUT2D eigenvalue weighted by atomic mass is 9.97. The maximum absolute atomic E-state index is 8.96. The van der Waals surface area contributed by atoms with E-state index < -0.39 is 0 Å². The van der Waals surface area contributed by atoms with Gasteiger partial charge in [-0.3, -0.25) is 0 Å². The first kappa shape index (κ1) is 17.1. The Kier molecular flexibility index (Phi) is 6.96. The van der Waals surface area contributed by atoms with Gasteiger partial charge >= 0.3 is 0 Å². The molecule has 1 aliphatic heterocycles. The van der Waals surface area contributed by atoms with Crippen LogP contribution in [0.25, 0.3) is 0 Å². The van der Waals surface area contributed by atoms with Crippen LogP contribution in [0, 0.1) is 5.92 Å². The molecule has 1 aromatic rings. The maximum atomic E-state index is 8.96. The Labute approximate surface area is 133 Å². The summed E-state index contributed by atoms with van der Waals surface area (Å²) in [5.41, 5.74) is 1.20. The van der Waals surface area contributed by atoms with Crippen LogP contribution in [-0.2, 0) is 6.54 Å². The fourth-order valence-electron chi connectivity index (χ4n) is 2.97. The molecule has 1 aromatic carbocycles. The summed E-state index contributed by atoms with van der Waals surface area (Å²) in [6, 6.07) is 6.04. The largest absolute Gasteiger partial charge is 0.493 e. The SMILES string of the molecule is COc1ccc(CNCC2CCN(CCO)CC2)cc1OC. The number of benzene rings is 1. The van der Waals surface area contributed by atoms with Gasteiger partial charge in [0.05, 0.1) is 20.8 Å². The third-order valence-electron chi connectivity index (χ3n) is 4.33. The Morgan fingerprint density at radius 3 is 2.55 bits per heavy atom. The highest BCUT2D eigenvalue weighted by Gasteiger charge is 2.18. The Balaban J connectivity index is 1.73. The summed E-state index contributed by atoms with van der Waals surface area (Å²) in [5, 5.41) is 12.5. The molecule has 2 N–H and O–H groups in total. The van der Waals surface area contributed by atoms with E-state index in [1.807, 2.05) is 12.1 Å². The van der Waals surface area contributed by atoms with Gasteiger partial charge in [-0.25, -0.2) is 0 Å². The second-order valence-electron chi connectivity index (χ2n) is 5.83. The molecule has 0 aliphatic carbocycles. The van der Waals surface area contributed by atoms with Crippen molar-refractivity contribution >= 4 is 0 Å². The quantitative estimate of drug-likeness (QED) is 0.762. The Bertz CT molecular complexity index is 446. The summed E-state index contributed by atoms with van der Waals surface area (Å²) in [4.78, 5) is 2.34. The second kappa shape index (κ2) is 8.98. The summed E-state index contributed by atoms with van der Waals surface area (Å²) < 4.78 is 10.6. The molecule has 124 valence electrons. The van der Waals surface area contributed by atoms with E-state index in [1.165, 1.54) is 18.4 Å². The first-order chi connectivity index (χ1) is 10.8. The number of aliphatic hydroxyl groups excluding tert-OH is 1. The molecule has 1 saturated heterocycles. The predicted molar refractivity (Wildman–Crippen MR) is 87.5 cm³/mol. The number of rotatable bonds is 8. The molecule has 0 amide bonds. The van der Waals surface area contributed by atoms with Crippen LogP contribution in [0.2, 0.25) is 0 Å². The molecule has 1 heterocycles. The van der Waals surface area contributed by atoms with Crippen molar-refractivity contribution in [3.05, 3.63) is 23.8 Å². The van der Waals surface area contributed by atoms with Gasteiger partial charge in [0.15, 0.2) is 11.5 Å². The lowest BCUT2D eigenvalue weighted by Crippen LogP contribution is -2.38. The van der Waals surface area contributed by atoms with Crippen molar-refractivity contribution in [3.8, 4) is 11.5 Å². The molecule has 0 spiro atoms. The lowest BCUT2D eigenvalue weighted by Gasteiger charge is -2.31. The van der Waals surface area contributed by atoms with E-state index >= 15 is 0 Å². The number of hydrogen-bond acceptors (Lipinski definition) is 5. The van der Waals surface area contributed by atoms with Crippen molar-refractivity contribution in [2.45, 2.75) is 19.4 Å². The van der Waals surface area contributed by atoms with Crippen LogP contribution >= 0.6 is 0 Å². The number of likely N-dealkylation sites (tertiary alicyclic amines) is 1. The first-order valence-corrected chi connectivity index (χ1v) is 8.01. The minimum Gasteiger partial charge on any atom is -0.493 e. The third-order valence-corrected chi connectivity index (χ3v) is 4.33. The van der Waals surface area contributed by atoms with Gasteiger partial charge in [-0.1, -0.05) is 6.07 Å². The van der Waals surface area contributed by atoms with E-state index in [-0.39, 0.29) is 6.61 Å². The van der Waals surface area contributed by atoms with Gasteiger partial charge in [-0.2, -0.15) is 0 Å². The van der Waals surface area contributed by atoms with Crippen molar-refractivity contribution < 1.29 is 14.6 Å². The minimum atomic E-state index is 0.266. The molecular weight excluding hydrogens is 280 g/mol. The van der Waals surface area contributed by atoms with Crippen molar-refractivity contribution in [3.63, 3.8) is 0 Å². The second-order valence-corrected chi connectivity index (χ2v) is 5.83. The van der Waals surface area contributed by atoms with Gasteiger partial charge in [0.25, 0.3) is 0 Å². The van der Waals surface area contributed by atoms with Crippen molar-refractivity contribution in [1.29, 1.82) is 0 Å². The average molecular weight is 308 g/mol. The monoisotopic (exact) mass is 308 g/mol. The van der Waals surface area contributed by atoms with Gasteiger partial charge in [-0.15, -0.1) is 0 Å². The lowest BCUT2D eigenvalue weighted by molar-refractivity contribution is 0.146. The van der Waals surface area contributed by atoms with E-state index in [0.717, 1.165) is 50.1 Å². The molecule has 2 rings (SSSR count). The molecule has 1 aliphatic rings. The van der Waals surface area contributed by atoms with Crippen LogP contribution in [0.3, 0.4) is 0 Å². The summed E-state index contributed by atoms with van der Waals surface area (Å²) in [5.74, 6) is 2.27. The normalized spacial score (nSPS) is 16.7. The summed E-state index contributed by atoms with van der Waals surface area (Å²) >= 11 is 0. The van der Waals surface area contributed by atoms with E-state index in [4.69, 9.17) is 14.6 Å². The standard InChI is InChI=1S/C17H28N2O3/c1-21-16-4-3-15(11-17(16)22-2)13-18-12-14-5-7-19(8-6-14)9-10-20/h3-4,11,14,18,20H,5-10,12-13H2,1-2H3. The van der Waals surface area contributed by atoms with E-state index in [0.29, 0.717) is 0 Å². The van der Waals surface area contributed by atoms with Crippen molar-refractivity contribution in [2.24, 2.45) is 5.92 Å². The van der Waals surface area contributed by atoms with Crippen LogP contribution < -0.4 is 14.8 Å². The van der Waals surface area contributed by atoms with Gasteiger partial charge in [0.2, 0.25) is 0 Å². The van der Waals surface area contributed by atoms with Crippen molar-refractivity contribution in [1.82, 2.24) is 10.2 Å². The molecule has 0 bridgehead atoms. The highest BCUT2D eigenvalue weighted by molar-refractivity contribution is 5.42. The molecule has 0 saturated carbocycles. The fraction of sp³-hybridized carbons (Fsp3) is 0.647. The fourth-order valence-corrected chi connectivity index (χ4v) is 2.97. The smallest absolute Gasteiger partial charge is 0.161 e. The highest BCUT2D eigenvalue weighted by atomic mass is 16.5. The maximum Gasteiger partial charge on any atom is 0.161 e. The molecule has 0 unspecified atom stereocenters. The molecular formula is C17H28N2O3. The highest BCUT2D eigenvalue weighted by Crippen LogP contribution is 2.27. The molecule has 0 atom stereocenters. The van der Waals surface area contributed by atoms with Crippen LogP contribution in [0.1, 0.15) is 18.4 Å². The van der Waals surface area contributed by atoms with Gasteiger partial charge in [0.1, 0.15) is 0 Å². The summed E-state index contributed by atoms with van der Waals surface area (Å²) in [6.45, 7) is 5.17. The number of hydrogen-bond donors (Lipinski definition) is 2. The molecule has 0 radical (unpaired) electrons. The number of methoxy groups -OCH3 is 2. The topological polar surface area (TPSA) is 54.0 Å². The number of aliphatic hydroxyl groups is 1. The average Bonchev–Trinajstić information content (AvgIpc) is 2.56. The number of piperidine rings is 1.